The zero-order valence-corrected chi connectivity index (χ0v) is 11.3. The molecule has 9 heteroatoms. The number of aromatic nitrogens is 2. The van der Waals surface area contributed by atoms with Crippen molar-refractivity contribution >= 4 is 34.9 Å². The number of nitrogens with one attached hydrogen (secondary N) is 2. The molecule has 0 aliphatic carbocycles. The molecule has 1 heterocycles. The lowest BCUT2D eigenvalue weighted by Crippen LogP contribution is -2.26. The van der Waals surface area contributed by atoms with Gasteiger partial charge in [-0.1, -0.05) is 0 Å². The van der Waals surface area contributed by atoms with Crippen LogP contribution in [0.15, 0.2) is 18.2 Å². The summed E-state index contributed by atoms with van der Waals surface area (Å²) in [7, 11) is 0. The van der Waals surface area contributed by atoms with Gasteiger partial charge in [0.15, 0.2) is 5.69 Å². The average molecular weight is 300 g/mol. The third-order valence-corrected chi connectivity index (χ3v) is 2.64. The molecule has 1 aromatic heterocycles. The zero-order chi connectivity index (χ0) is 13.8. The number of carbonyl (C=O) groups is 1. The van der Waals surface area contributed by atoms with E-state index in [-0.39, 0.29) is 29.7 Å². The van der Waals surface area contributed by atoms with E-state index < -0.39 is 4.92 Å². The monoisotopic (exact) mass is 299 g/mol. The van der Waals surface area contributed by atoms with Gasteiger partial charge in [0.1, 0.15) is 0 Å². The summed E-state index contributed by atoms with van der Waals surface area (Å²) in [5.41, 5.74) is 5.98. The molecule has 8 nitrogen and oxygen atoms in total. The molecule has 0 aliphatic heterocycles. The molecule has 0 saturated carbocycles. The molecule has 0 spiro atoms. The van der Waals surface area contributed by atoms with Crippen LogP contribution in [-0.4, -0.2) is 34.1 Å². The van der Waals surface area contributed by atoms with Crippen LogP contribution in [0.4, 0.5) is 5.69 Å². The van der Waals surface area contributed by atoms with Crippen LogP contribution >= 0.6 is 12.4 Å². The minimum atomic E-state index is -0.511. The van der Waals surface area contributed by atoms with Gasteiger partial charge >= 0.3 is 0 Å². The summed E-state index contributed by atoms with van der Waals surface area (Å²) in [6, 6.07) is 4.21. The standard InChI is InChI=1S/C11H13N5O3.ClH/c12-4-1-5-13-11(17)10-8-6-7(16(18)19)2-3-9(8)14-15-10;/h2-3,6H,1,4-5,12H2,(H,13,17)(H,14,15);1H. The smallest absolute Gasteiger partial charge is 0.272 e. The van der Waals surface area contributed by atoms with Gasteiger partial charge in [0, 0.05) is 24.1 Å². The number of nitrogens with two attached hydrogens (primary N) is 1. The summed E-state index contributed by atoms with van der Waals surface area (Å²) >= 11 is 0. The quantitative estimate of drug-likeness (QED) is 0.431. The van der Waals surface area contributed by atoms with E-state index in [1.807, 2.05) is 0 Å². The number of benzene rings is 1. The maximum absolute atomic E-state index is 11.9. The second-order valence-electron chi connectivity index (χ2n) is 3.96. The van der Waals surface area contributed by atoms with Crippen molar-refractivity contribution in [1.29, 1.82) is 0 Å². The van der Waals surface area contributed by atoms with Crippen molar-refractivity contribution in [2.24, 2.45) is 5.73 Å². The number of halogens is 1. The highest BCUT2D eigenvalue weighted by molar-refractivity contribution is 6.05. The van der Waals surface area contributed by atoms with E-state index in [2.05, 4.69) is 15.5 Å². The predicted octanol–water partition coefficient (Wildman–Crippen LogP) is 0.971. The lowest BCUT2D eigenvalue weighted by molar-refractivity contribution is -0.384. The van der Waals surface area contributed by atoms with Crippen LogP contribution < -0.4 is 11.1 Å². The molecule has 0 bridgehead atoms. The van der Waals surface area contributed by atoms with Crippen LogP contribution in [0.5, 0.6) is 0 Å². The topological polar surface area (TPSA) is 127 Å². The molecule has 2 aromatic rings. The fourth-order valence-corrected chi connectivity index (χ4v) is 1.68. The molecule has 0 aliphatic rings. The number of nitro groups is 1. The van der Waals surface area contributed by atoms with E-state index in [1.165, 1.54) is 18.2 Å². The van der Waals surface area contributed by atoms with Crippen LogP contribution in [0.3, 0.4) is 0 Å². The Morgan fingerprint density at radius 2 is 2.25 bits per heavy atom. The minimum Gasteiger partial charge on any atom is -0.351 e. The summed E-state index contributed by atoms with van der Waals surface area (Å²) in [5, 5.41) is 20.4. The lowest BCUT2D eigenvalue weighted by atomic mass is 10.2. The first-order chi connectivity index (χ1) is 9.13. The summed E-state index contributed by atoms with van der Waals surface area (Å²) < 4.78 is 0. The Balaban J connectivity index is 0.00000200. The van der Waals surface area contributed by atoms with Crippen molar-refractivity contribution in [3.05, 3.63) is 34.0 Å². The van der Waals surface area contributed by atoms with Gasteiger partial charge in [0.25, 0.3) is 11.6 Å². The fourth-order valence-electron chi connectivity index (χ4n) is 1.68. The Labute approximate surface area is 120 Å². The number of carbonyl (C=O) groups excluding carboxylic acids is 1. The molecule has 0 unspecified atom stereocenters. The van der Waals surface area contributed by atoms with Crippen molar-refractivity contribution < 1.29 is 9.72 Å². The third kappa shape index (κ3) is 3.22. The number of nitrogens with zero attached hydrogens (tertiary/aromatic N) is 2. The van der Waals surface area contributed by atoms with Gasteiger partial charge in [-0.05, 0) is 19.0 Å². The average Bonchev–Trinajstić information content (AvgIpc) is 2.81. The van der Waals surface area contributed by atoms with Crippen molar-refractivity contribution in [3.63, 3.8) is 0 Å². The normalized spacial score (nSPS) is 10.1. The maximum Gasteiger partial charge on any atom is 0.272 e. The highest BCUT2D eigenvalue weighted by Gasteiger charge is 2.16. The molecular formula is C11H14ClN5O3. The van der Waals surface area contributed by atoms with Crippen molar-refractivity contribution in [2.45, 2.75) is 6.42 Å². The number of non-ortho nitro benzene ring substituents is 1. The molecule has 1 aromatic carbocycles. The van der Waals surface area contributed by atoms with Crippen LogP contribution in [0.2, 0.25) is 0 Å². The maximum atomic E-state index is 11.9. The van der Waals surface area contributed by atoms with E-state index in [0.29, 0.717) is 30.4 Å². The van der Waals surface area contributed by atoms with Gasteiger partial charge in [-0.15, -0.1) is 12.4 Å². The Morgan fingerprint density at radius 3 is 2.90 bits per heavy atom. The van der Waals surface area contributed by atoms with Crippen molar-refractivity contribution in [2.75, 3.05) is 13.1 Å². The van der Waals surface area contributed by atoms with Crippen LogP contribution in [0.25, 0.3) is 10.9 Å². The first kappa shape index (κ1) is 15.9. The summed E-state index contributed by atoms with van der Waals surface area (Å²) in [6.07, 6.45) is 0.661. The lowest BCUT2D eigenvalue weighted by Gasteiger charge is -2.01. The molecule has 0 atom stereocenters. The van der Waals surface area contributed by atoms with Gasteiger partial charge in [-0.3, -0.25) is 20.0 Å². The second kappa shape index (κ2) is 6.83. The molecule has 20 heavy (non-hydrogen) atoms. The zero-order valence-electron chi connectivity index (χ0n) is 10.5. The van der Waals surface area contributed by atoms with Gasteiger partial charge in [-0.2, -0.15) is 5.10 Å². The third-order valence-electron chi connectivity index (χ3n) is 2.64. The minimum absolute atomic E-state index is 0. The highest BCUT2D eigenvalue weighted by atomic mass is 35.5. The molecule has 4 N–H and O–H groups in total. The Bertz CT molecular complexity index is 628. The molecule has 1 amide bonds. The van der Waals surface area contributed by atoms with Crippen molar-refractivity contribution in [1.82, 2.24) is 15.5 Å². The Kier molecular flexibility index (Phi) is 5.42. The van der Waals surface area contributed by atoms with Crippen LogP contribution in [0, 0.1) is 10.1 Å². The number of rotatable bonds is 5. The van der Waals surface area contributed by atoms with Gasteiger partial charge in [0.05, 0.1) is 10.4 Å². The fraction of sp³-hybridized carbons (Fsp3) is 0.273. The number of H-pyrrole nitrogens is 1. The van der Waals surface area contributed by atoms with E-state index >= 15 is 0 Å². The SMILES string of the molecule is Cl.NCCCNC(=O)c1n[nH]c2ccc([N+](=O)[O-])cc12. The Morgan fingerprint density at radius 1 is 1.50 bits per heavy atom. The van der Waals surface area contributed by atoms with E-state index in [9.17, 15) is 14.9 Å². The first-order valence-electron chi connectivity index (χ1n) is 5.74. The number of nitro benzene ring substituents is 1. The van der Waals surface area contributed by atoms with Gasteiger partial charge in [-0.25, -0.2) is 0 Å². The predicted molar refractivity (Wildman–Crippen MR) is 76.0 cm³/mol. The summed E-state index contributed by atoms with van der Waals surface area (Å²) in [5.74, 6) is -0.375. The first-order valence-corrected chi connectivity index (χ1v) is 5.74. The number of aromatic amines is 1. The number of hydrogen-bond donors (Lipinski definition) is 3. The molecule has 2 rings (SSSR count). The van der Waals surface area contributed by atoms with E-state index in [4.69, 9.17) is 5.73 Å². The summed E-state index contributed by atoms with van der Waals surface area (Å²) in [6.45, 7) is 0.922. The van der Waals surface area contributed by atoms with Gasteiger partial charge in [0.2, 0.25) is 0 Å². The molecular weight excluding hydrogens is 286 g/mol. The van der Waals surface area contributed by atoms with E-state index in [1.54, 1.807) is 0 Å². The number of amides is 1. The van der Waals surface area contributed by atoms with Crippen molar-refractivity contribution in [3.8, 4) is 0 Å². The summed E-state index contributed by atoms with van der Waals surface area (Å²) in [4.78, 5) is 22.1. The van der Waals surface area contributed by atoms with Crippen LogP contribution in [0.1, 0.15) is 16.9 Å². The Hall–Kier alpha value is -2.19. The highest BCUT2D eigenvalue weighted by Crippen LogP contribution is 2.21. The van der Waals surface area contributed by atoms with Gasteiger partial charge < -0.3 is 11.1 Å². The number of fused-ring (bicyclic) bond motifs is 1. The number of hydrogen-bond acceptors (Lipinski definition) is 5. The van der Waals surface area contributed by atoms with Crippen LogP contribution in [-0.2, 0) is 0 Å². The second-order valence-corrected chi connectivity index (χ2v) is 3.96. The molecule has 0 radical (unpaired) electrons. The van der Waals surface area contributed by atoms with E-state index in [0.717, 1.165) is 0 Å². The molecule has 108 valence electrons. The largest absolute Gasteiger partial charge is 0.351 e. The molecule has 0 fully saturated rings. The molecule has 0 saturated heterocycles.